The molecule has 0 amide bonds. The summed E-state index contributed by atoms with van der Waals surface area (Å²) in [4.78, 5) is 14.1. The van der Waals surface area contributed by atoms with Crippen LogP contribution < -0.4 is 5.32 Å². The first-order chi connectivity index (χ1) is 8.66. The highest BCUT2D eigenvalue weighted by molar-refractivity contribution is 5.85. The highest BCUT2D eigenvalue weighted by atomic mass is 16.6. The van der Waals surface area contributed by atoms with E-state index in [0.29, 0.717) is 12.1 Å². The molecule has 6 nitrogen and oxygen atoms in total. The maximum atomic E-state index is 10.6. The van der Waals surface area contributed by atoms with E-state index < -0.39 is 4.92 Å². The van der Waals surface area contributed by atoms with Gasteiger partial charge in [-0.15, -0.1) is 0 Å². The number of nitro groups is 1. The molecule has 0 fully saturated rings. The molecule has 0 saturated heterocycles. The van der Waals surface area contributed by atoms with Crippen LogP contribution in [0.5, 0.6) is 5.75 Å². The summed E-state index contributed by atoms with van der Waals surface area (Å²) in [5.41, 5.74) is 0.0581. The van der Waals surface area contributed by atoms with Crippen LogP contribution >= 0.6 is 0 Å². The van der Waals surface area contributed by atoms with Crippen molar-refractivity contribution in [2.24, 2.45) is 4.99 Å². The average Bonchev–Trinajstić information content (AvgIpc) is 2.35. The minimum atomic E-state index is -0.616. The number of nitrogens with one attached hydrogen (secondary N) is 1. The van der Waals surface area contributed by atoms with Crippen molar-refractivity contribution in [3.05, 3.63) is 33.9 Å². The molecule has 2 N–H and O–H groups in total. The number of rotatable bonds is 7. The van der Waals surface area contributed by atoms with Crippen LogP contribution in [0.3, 0.4) is 0 Å². The Morgan fingerprint density at radius 1 is 1.50 bits per heavy atom. The van der Waals surface area contributed by atoms with Crippen LogP contribution in [0.4, 0.5) is 5.69 Å². The minimum Gasteiger partial charge on any atom is -0.502 e. The standard InChI is InChI=1S/C12H17N3O3/c1-2-6-13-7-8-14-9-10-4-3-5-11(12(10)16)15(17)18/h3-5,9,13,16H,2,6-8H2,1H3. The third-order valence-corrected chi connectivity index (χ3v) is 2.32. The second-order valence-corrected chi connectivity index (χ2v) is 3.76. The lowest BCUT2D eigenvalue weighted by Crippen LogP contribution is -2.18. The highest BCUT2D eigenvalue weighted by Crippen LogP contribution is 2.27. The van der Waals surface area contributed by atoms with Crippen molar-refractivity contribution < 1.29 is 10.0 Å². The monoisotopic (exact) mass is 251 g/mol. The Bertz CT molecular complexity index is 433. The van der Waals surface area contributed by atoms with Gasteiger partial charge in [0.1, 0.15) is 0 Å². The number of hydrogen-bond acceptors (Lipinski definition) is 5. The fourth-order valence-corrected chi connectivity index (χ4v) is 1.41. The van der Waals surface area contributed by atoms with Crippen LogP contribution in [0.2, 0.25) is 0 Å². The topological polar surface area (TPSA) is 87.8 Å². The number of nitro benzene ring substituents is 1. The van der Waals surface area contributed by atoms with E-state index in [2.05, 4.69) is 17.2 Å². The molecule has 6 heteroatoms. The summed E-state index contributed by atoms with van der Waals surface area (Å²) in [6, 6.07) is 4.37. The largest absolute Gasteiger partial charge is 0.502 e. The lowest BCUT2D eigenvalue weighted by molar-refractivity contribution is -0.385. The summed E-state index contributed by atoms with van der Waals surface area (Å²) >= 11 is 0. The lowest BCUT2D eigenvalue weighted by atomic mass is 10.2. The zero-order chi connectivity index (χ0) is 13.4. The number of aliphatic imine (C=N–C) groups is 1. The van der Waals surface area contributed by atoms with Gasteiger partial charge < -0.3 is 10.4 Å². The van der Waals surface area contributed by atoms with Gasteiger partial charge in [-0.2, -0.15) is 0 Å². The van der Waals surface area contributed by atoms with Crippen LogP contribution in [-0.4, -0.2) is 35.9 Å². The van der Waals surface area contributed by atoms with Crippen LogP contribution in [0.1, 0.15) is 18.9 Å². The number of benzene rings is 1. The highest BCUT2D eigenvalue weighted by Gasteiger charge is 2.14. The predicted molar refractivity (Wildman–Crippen MR) is 70.4 cm³/mol. The molecule has 0 radical (unpaired) electrons. The van der Waals surface area contributed by atoms with Gasteiger partial charge in [-0.25, -0.2) is 0 Å². The Hall–Kier alpha value is -1.95. The van der Waals surface area contributed by atoms with E-state index in [0.717, 1.165) is 19.5 Å². The smallest absolute Gasteiger partial charge is 0.311 e. The number of hydrogen-bond donors (Lipinski definition) is 2. The number of nitrogens with zero attached hydrogens (tertiary/aromatic N) is 2. The molecule has 0 aromatic heterocycles. The number of para-hydroxylation sites is 1. The third kappa shape index (κ3) is 4.14. The maximum absolute atomic E-state index is 10.6. The first-order valence-corrected chi connectivity index (χ1v) is 5.83. The summed E-state index contributed by atoms with van der Waals surface area (Å²) in [5.74, 6) is -0.340. The SMILES string of the molecule is CCCNCCN=Cc1cccc([N+](=O)[O-])c1O. The predicted octanol–water partition coefficient (Wildman–Crippen LogP) is 1.72. The van der Waals surface area contributed by atoms with Crippen LogP contribution in [0.15, 0.2) is 23.2 Å². The van der Waals surface area contributed by atoms with E-state index in [1.807, 2.05) is 0 Å². The van der Waals surface area contributed by atoms with Gasteiger partial charge in [0.25, 0.3) is 0 Å². The van der Waals surface area contributed by atoms with Crippen LogP contribution in [0.25, 0.3) is 0 Å². The van der Waals surface area contributed by atoms with Gasteiger partial charge in [0.15, 0.2) is 0 Å². The summed E-state index contributed by atoms with van der Waals surface area (Å²) in [7, 11) is 0. The molecule has 98 valence electrons. The minimum absolute atomic E-state index is 0.303. The molecule has 0 spiro atoms. The van der Waals surface area contributed by atoms with Crippen molar-refractivity contribution in [2.75, 3.05) is 19.6 Å². The average molecular weight is 251 g/mol. The van der Waals surface area contributed by atoms with Crippen molar-refractivity contribution in [1.29, 1.82) is 0 Å². The fourth-order valence-electron chi connectivity index (χ4n) is 1.41. The van der Waals surface area contributed by atoms with Gasteiger partial charge >= 0.3 is 5.69 Å². The molecule has 0 aliphatic heterocycles. The second-order valence-electron chi connectivity index (χ2n) is 3.76. The Balaban J connectivity index is 2.59. The van der Waals surface area contributed by atoms with E-state index in [1.165, 1.54) is 18.3 Å². The molecule has 1 aromatic carbocycles. The van der Waals surface area contributed by atoms with Crippen LogP contribution in [-0.2, 0) is 0 Å². The number of phenols is 1. The summed E-state index contributed by atoms with van der Waals surface area (Å²) < 4.78 is 0. The van der Waals surface area contributed by atoms with E-state index in [4.69, 9.17) is 0 Å². The quantitative estimate of drug-likeness (QED) is 0.334. The van der Waals surface area contributed by atoms with Gasteiger partial charge in [-0.3, -0.25) is 15.1 Å². The van der Waals surface area contributed by atoms with Gasteiger partial charge in [0.2, 0.25) is 5.75 Å². The first kappa shape index (κ1) is 14.1. The van der Waals surface area contributed by atoms with Gasteiger partial charge in [0.05, 0.1) is 11.5 Å². The molecular weight excluding hydrogens is 234 g/mol. The Labute approximate surface area is 106 Å². The van der Waals surface area contributed by atoms with Crippen molar-refractivity contribution in [3.8, 4) is 5.75 Å². The van der Waals surface area contributed by atoms with E-state index in [1.54, 1.807) is 6.07 Å². The zero-order valence-corrected chi connectivity index (χ0v) is 10.3. The lowest BCUT2D eigenvalue weighted by Gasteiger charge is -2.00. The van der Waals surface area contributed by atoms with Crippen LogP contribution in [0, 0.1) is 10.1 Å². The Kier molecular flexibility index (Phi) is 5.79. The van der Waals surface area contributed by atoms with E-state index in [-0.39, 0.29) is 11.4 Å². The molecule has 0 aliphatic rings. The van der Waals surface area contributed by atoms with E-state index in [9.17, 15) is 15.2 Å². The number of aromatic hydroxyl groups is 1. The Morgan fingerprint density at radius 3 is 2.94 bits per heavy atom. The van der Waals surface area contributed by atoms with E-state index >= 15 is 0 Å². The molecule has 0 unspecified atom stereocenters. The summed E-state index contributed by atoms with van der Waals surface area (Å²) in [5, 5.41) is 23.4. The second kappa shape index (κ2) is 7.39. The maximum Gasteiger partial charge on any atom is 0.311 e. The molecule has 0 heterocycles. The molecule has 1 aromatic rings. The molecular formula is C12H17N3O3. The molecule has 0 atom stereocenters. The van der Waals surface area contributed by atoms with Gasteiger partial charge in [0, 0.05) is 24.4 Å². The molecule has 18 heavy (non-hydrogen) atoms. The molecule has 0 saturated carbocycles. The van der Waals surface area contributed by atoms with Crippen molar-refractivity contribution in [3.63, 3.8) is 0 Å². The van der Waals surface area contributed by atoms with Crippen molar-refractivity contribution >= 4 is 11.9 Å². The molecule has 0 aliphatic carbocycles. The first-order valence-electron chi connectivity index (χ1n) is 5.83. The summed E-state index contributed by atoms with van der Waals surface area (Å²) in [6.07, 6.45) is 2.52. The zero-order valence-electron chi connectivity index (χ0n) is 10.3. The molecule has 1 rings (SSSR count). The summed E-state index contributed by atoms with van der Waals surface area (Å²) in [6.45, 7) is 4.34. The fraction of sp³-hybridized carbons (Fsp3) is 0.417. The van der Waals surface area contributed by atoms with Gasteiger partial charge in [-0.05, 0) is 19.0 Å². The Morgan fingerprint density at radius 2 is 2.28 bits per heavy atom. The van der Waals surface area contributed by atoms with Gasteiger partial charge in [-0.1, -0.05) is 13.0 Å². The number of phenolic OH excluding ortho intramolecular Hbond substituents is 1. The van der Waals surface area contributed by atoms with Crippen molar-refractivity contribution in [2.45, 2.75) is 13.3 Å². The normalized spacial score (nSPS) is 10.9. The molecule has 0 bridgehead atoms. The van der Waals surface area contributed by atoms with Crippen molar-refractivity contribution in [1.82, 2.24) is 5.32 Å². The third-order valence-electron chi connectivity index (χ3n) is 2.32.